The highest BCUT2D eigenvalue weighted by Gasteiger charge is 2.61. The minimum Gasteiger partial charge on any atom is -0.311 e. The molecule has 3 rings (SSSR count). The summed E-state index contributed by atoms with van der Waals surface area (Å²) < 4.78 is 0. The largest absolute Gasteiger partial charge is 0.311 e. The highest BCUT2D eigenvalue weighted by molar-refractivity contribution is 5.13. The van der Waals surface area contributed by atoms with Gasteiger partial charge in [0.2, 0.25) is 0 Å². The Morgan fingerprint density at radius 3 is 2.68 bits per heavy atom. The molecule has 2 heteroatoms. The van der Waals surface area contributed by atoms with Gasteiger partial charge in [0, 0.05) is 31.7 Å². The average Bonchev–Trinajstić information content (AvgIpc) is 2.81. The summed E-state index contributed by atoms with van der Waals surface area (Å²) in [7, 11) is 0. The number of hydrogen-bond donors (Lipinski definition) is 1. The molecule has 1 N–H and O–H groups in total. The Balaban J connectivity index is 1.77. The van der Waals surface area contributed by atoms with Gasteiger partial charge in [0.1, 0.15) is 0 Å². The molecule has 2 aliphatic carbocycles. The summed E-state index contributed by atoms with van der Waals surface area (Å²) in [5.41, 5.74) is 1.13. The Kier molecular flexibility index (Phi) is 3.46. The van der Waals surface area contributed by atoms with Gasteiger partial charge >= 0.3 is 0 Å². The normalized spacial score (nSPS) is 45.8. The quantitative estimate of drug-likeness (QED) is 0.841. The van der Waals surface area contributed by atoms with Crippen molar-refractivity contribution >= 4 is 0 Å². The van der Waals surface area contributed by atoms with Crippen LogP contribution in [0.5, 0.6) is 0 Å². The van der Waals surface area contributed by atoms with Crippen molar-refractivity contribution < 1.29 is 0 Å². The minimum absolute atomic E-state index is 0.529. The standard InChI is InChI=1S/C17H32N2/c1-5-6-14-12-19(10-9-18-14)15-16(2,3)13-7-8-17(15,4)11-13/h13-15,18H,5-12H2,1-4H3. The first-order valence-electron chi connectivity index (χ1n) is 8.45. The SMILES string of the molecule is CCCC1CN(C2C3(C)CCC(C3)C2(C)C)CCN1. The third kappa shape index (κ3) is 2.15. The van der Waals surface area contributed by atoms with Gasteiger partial charge < -0.3 is 5.32 Å². The second kappa shape index (κ2) is 4.73. The summed E-state index contributed by atoms with van der Waals surface area (Å²) in [6, 6.07) is 1.55. The Morgan fingerprint density at radius 1 is 1.26 bits per heavy atom. The number of hydrogen-bond acceptors (Lipinski definition) is 2. The van der Waals surface area contributed by atoms with Crippen LogP contribution in [0.3, 0.4) is 0 Å². The zero-order valence-corrected chi connectivity index (χ0v) is 13.3. The van der Waals surface area contributed by atoms with Gasteiger partial charge in [-0.1, -0.05) is 34.1 Å². The predicted molar refractivity (Wildman–Crippen MR) is 81.3 cm³/mol. The van der Waals surface area contributed by atoms with Crippen molar-refractivity contribution in [3.05, 3.63) is 0 Å². The number of piperazine rings is 1. The third-order valence-corrected chi connectivity index (χ3v) is 6.48. The van der Waals surface area contributed by atoms with Gasteiger partial charge in [-0.3, -0.25) is 4.90 Å². The fraction of sp³-hybridized carbons (Fsp3) is 1.00. The molecule has 19 heavy (non-hydrogen) atoms. The molecule has 2 saturated carbocycles. The lowest BCUT2D eigenvalue weighted by atomic mass is 9.67. The molecule has 1 heterocycles. The van der Waals surface area contributed by atoms with Crippen molar-refractivity contribution in [3.63, 3.8) is 0 Å². The van der Waals surface area contributed by atoms with Gasteiger partial charge in [-0.15, -0.1) is 0 Å². The lowest BCUT2D eigenvalue weighted by Crippen LogP contribution is -2.60. The van der Waals surface area contributed by atoms with Crippen LogP contribution in [0.15, 0.2) is 0 Å². The summed E-state index contributed by atoms with van der Waals surface area (Å²) >= 11 is 0. The van der Waals surface area contributed by atoms with Crippen molar-refractivity contribution in [2.75, 3.05) is 19.6 Å². The minimum atomic E-state index is 0.529. The first kappa shape index (κ1) is 13.9. The smallest absolute Gasteiger partial charge is 0.0204 e. The van der Waals surface area contributed by atoms with Gasteiger partial charge in [-0.25, -0.2) is 0 Å². The van der Waals surface area contributed by atoms with E-state index in [1.165, 1.54) is 51.7 Å². The third-order valence-electron chi connectivity index (χ3n) is 6.48. The maximum absolute atomic E-state index is 3.72. The molecule has 0 aromatic rings. The van der Waals surface area contributed by atoms with Gasteiger partial charge in [0.25, 0.3) is 0 Å². The predicted octanol–water partition coefficient (Wildman–Crippen LogP) is 3.28. The molecule has 0 aromatic heterocycles. The highest BCUT2D eigenvalue weighted by Crippen LogP contribution is 2.64. The summed E-state index contributed by atoms with van der Waals surface area (Å²) in [4.78, 5) is 2.86. The monoisotopic (exact) mass is 264 g/mol. The van der Waals surface area contributed by atoms with Crippen molar-refractivity contribution in [2.45, 2.75) is 71.9 Å². The lowest BCUT2D eigenvalue weighted by molar-refractivity contribution is -0.0120. The average molecular weight is 264 g/mol. The number of fused-ring (bicyclic) bond motifs is 2. The maximum Gasteiger partial charge on any atom is 0.0204 e. The van der Waals surface area contributed by atoms with Crippen LogP contribution in [-0.2, 0) is 0 Å². The first-order valence-corrected chi connectivity index (χ1v) is 8.45. The van der Waals surface area contributed by atoms with E-state index in [-0.39, 0.29) is 0 Å². The van der Waals surface area contributed by atoms with Crippen LogP contribution in [0.4, 0.5) is 0 Å². The van der Waals surface area contributed by atoms with Gasteiger partial charge in [-0.05, 0) is 42.4 Å². The van der Waals surface area contributed by atoms with Crippen LogP contribution in [0, 0.1) is 16.7 Å². The fourth-order valence-corrected chi connectivity index (χ4v) is 5.81. The molecule has 0 radical (unpaired) electrons. The maximum atomic E-state index is 3.72. The molecular weight excluding hydrogens is 232 g/mol. The molecular formula is C17H32N2. The highest BCUT2D eigenvalue weighted by atomic mass is 15.2. The van der Waals surface area contributed by atoms with E-state index in [4.69, 9.17) is 0 Å². The molecule has 110 valence electrons. The van der Waals surface area contributed by atoms with E-state index in [2.05, 4.69) is 37.9 Å². The van der Waals surface area contributed by atoms with Crippen molar-refractivity contribution in [2.24, 2.45) is 16.7 Å². The van der Waals surface area contributed by atoms with E-state index in [0.29, 0.717) is 10.8 Å². The van der Waals surface area contributed by atoms with Gasteiger partial charge in [0.05, 0.1) is 0 Å². The summed E-state index contributed by atoms with van der Waals surface area (Å²) in [5, 5.41) is 3.72. The van der Waals surface area contributed by atoms with Gasteiger partial charge in [-0.2, -0.15) is 0 Å². The van der Waals surface area contributed by atoms with Crippen molar-refractivity contribution in [1.82, 2.24) is 10.2 Å². The summed E-state index contributed by atoms with van der Waals surface area (Å²) in [6.07, 6.45) is 7.06. The molecule has 0 amide bonds. The van der Waals surface area contributed by atoms with E-state index < -0.39 is 0 Å². The lowest BCUT2D eigenvalue weighted by Gasteiger charge is -2.51. The van der Waals surface area contributed by atoms with Crippen LogP contribution in [0.25, 0.3) is 0 Å². The van der Waals surface area contributed by atoms with E-state index in [0.717, 1.165) is 18.0 Å². The van der Waals surface area contributed by atoms with Crippen LogP contribution >= 0.6 is 0 Å². The molecule has 4 unspecified atom stereocenters. The van der Waals surface area contributed by atoms with Gasteiger partial charge in [0.15, 0.2) is 0 Å². The molecule has 1 saturated heterocycles. The Hall–Kier alpha value is -0.0800. The topological polar surface area (TPSA) is 15.3 Å². The van der Waals surface area contributed by atoms with Crippen LogP contribution in [0.1, 0.15) is 59.8 Å². The zero-order chi connectivity index (χ0) is 13.7. The number of nitrogens with zero attached hydrogens (tertiary/aromatic N) is 1. The number of nitrogens with one attached hydrogen (secondary N) is 1. The van der Waals surface area contributed by atoms with E-state index in [1.54, 1.807) is 0 Å². The molecule has 0 spiro atoms. The summed E-state index contributed by atoms with van der Waals surface area (Å²) in [5.74, 6) is 0.974. The van der Waals surface area contributed by atoms with Crippen molar-refractivity contribution in [1.29, 1.82) is 0 Å². The van der Waals surface area contributed by atoms with Crippen LogP contribution < -0.4 is 5.32 Å². The molecule has 4 atom stereocenters. The Labute approximate surface area is 119 Å². The molecule has 2 nitrogen and oxygen atoms in total. The first-order chi connectivity index (χ1) is 8.97. The van der Waals surface area contributed by atoms with Crippen LogP contribution in [-0.4, -0.2) is 36.6 Å². The molecule has 3 fully saturated rings. The second-order valence-corrected chi connectivity index (χ2v) is 8.25. The number of rotatable bonds is 3. The van der Waals surface area contributed by atoms with E-state index >= 15 is 0 Å². The summed E-state index contributed by atoms with van der Waals surface area (Å²) in [6.45, 7) is 13.7. The van der Waals surface area contributed by atoms with E-state index in [1.807, 2.05) is 0 Å². The molecule has 1 aliphatic heterocycles. The Morgan fingerprint density at radius 2 is 2.05 bits per heavy atom. The Bertz CT molecular complexity index is 331. The molecule has 3 aliphatic rings. The zero-order valence-electron chi connectivity index (χ0n) is 13.3. The van der Waals surface area contributed by atoms with Crippen molar-refractivity contribution in [3.8, 4) is 0 Å². The van der Waals surface area contributed by atoms with E-state index in [9.17, 15) is 0 Å². The van der Waals surface area contributed by atoms with Crippen LogP contribution in [0.2, 0.25) is 0 Å². The fourth-order valence-electron chi connectivity index (χ4n) is 5.81. The molecule has 2 bridgehead atoms. The second-order valence-electron chi connectivity index (χ2n) is 8.25. The molecule has 0 aromatic carbocycles.